The first kappa shape index (κ1) is 34.4. The molecular weight excluding hydrogens is 572 g/mol. The van der Waals surface area contributed by atoms with E-state index >= 15 is 0 Å². The van der Waals surface area contributed by atoms with Gasteiger partial charge in [-0.15, -0.1) is 0 Å². The van der Waals surface area contributed by atoms with Crippen LogP contribution in [0.15, 0.2) is 0 Å². The second kappa shape index (κ2) is 15.4. The summed E-state index contributed by atoms with van der Waals surface area (Å²) in [4.78, 5) is 82.9. The van der Waals surface area contributed by atoms with Crippen LogP contribution in [0.3, 0.4) is 0 Å². The van der Waals surface area contributed by atoms with Gasteiger partial charge in [0, 0.05) is 48.5 Å². The molecular formula is C25H34O17. The average Bonchev–Trinajstić information content (AvgIpc) is 2.82. The largest absolute Gasteiger partial charge is 0.456 e. The highest BCUT2D eigenvalue weighted by Gasteiger charge is 2.54. The summed E-state index contributed by atoms with van der Waals surface area (Å²) in [6.07, 6.45) is -13.0. The number of carbonyl (C=O) groups excluding carboxylic acids is 7. The highest BCUT2D eigenvalue weighted by molar-refractivity contribution is 5.70. The standard InChI is InChI=1S/C25H34O17/c1-10(26)35-17-8-33-24(22(39-14(5)30)20(17)37-12(3)28)34-9-18-19(36-11(2)27)21(38-13(4)29)23(40-15(6)31)25(42-18)41-16(7)32/h17-25H,8-9H2,1-7H3. The van der Waals surface area contributed by atoms with Gasteiger partial charge in [0.2, 0.25) is 12.4 Å². The zero-order valence-corrected chi connectivity index (χ0v) is 24.1. The number of ether oxygens (including phenoxy) is 10. The lowest BCUT2D eigenvalue weighted by atomic mass is 9.98. The maximum atomic E-state index is 12.0. The van der Waals surface area contributed by atoms with E-state index in [-0.39, 0.29) is 6.61 Å². The fourth-order valence-corrected chi connectivity index (χ4v) is 4.29. The van der Waals surface area contributed by atoms with Gasteiger partial charge in [0.1, 0.15) is 6.10 Å². The molecule has 9 atom stereocenters. The van der Waals surface area contributed by atoms with E-state index < -0.39 is 104 Å². The normalized spacial score (nSPS) is 30.6. The van der Waals surface area contributed by atoms with E-state index in [0.717, 1.165) is 48.5 Å². The Labute approximate surface area is 240 Å². The molecule has 17 nitrogen and oxygen atoms in total. The first-order valence-corrected chi connectivity index (χ1v) is 12.7. The van der Waals surface area contributed by atoms with E-state index in [0.29, 0.717) is 0 Å². The molecule has 2 saturated heterocycles. The van der Waals surface area contributed by atoms with Crippen LogP contribution in [0, 0.1) is 0 Å². The minimum absolute atomic E-state index is 0.348. The number of esters is 7. The Balaban J connectivity index is 2.42. The highest BCUT2D eigenvalue weighted by atomic mass is 16.8. The second-order valence-corrected chi connectivity index (χ2v) is 9.21. The molecule has 2 fully saturated rings. The molecule has 0 aromatic carbocycles. The zero-order valence-electron chi connectivity index (χ0n) is 24.1. The van der Waals surface area contributed by atoms with Gasteiger partial charge in [0.25, 0.3) is 0 Å². The lowest BCUT2D eigenvalue weighted by Crippen LogP contribution is -2.64. The Morgan fingerprint density at radius 3 is 1.38 bits per heavy atom. The third kappa shape index (κ3) is 10.2. The van der Waals surface area contributed by atoms with Crippen LogP contribution >= 0.6 is 0 Å². The third-order valence-corrected chi connectivity index (χ3v) is 5.51. The summed E-state index contributed by atoms with van der Waals surface area (Å²) >= 11 is 0. The van der Waals surface area contributed by atoms with Crippen LogP contribution in [0.5, 0.6) is 0 Å². The molecule has 0 radical (unpaired) electrons. The first-order chi connectivity index (χ1) is 19.6. The van der Waals surface area contributed by atoms with E-state index in [1.165, 1.54) is 0 Å². The molecule has 9 unspecified atom stereocenters. The van der Waals surface area contributed by atoms with Crippen molar-refractivity contribution >= 4 is 41.8 Å². The molecule has 42 heavy (non-hydrogen) atoms. The lowest BCUT2D eigenvalue weighted by Gasteiger charge is -2.44. The van der Waals surface area contributed by atoms with Gasteiger partial charge in [-0.25, -0.2) is 0 Å². The van der Waals surface area contributed by atoms with Crippen LogP contribution in [0.4, 0.5) is 0 Å². The van der Waals surface area contributed by atoms with Crippen molar-refractivity contribution in [2.45, 2.75) is 104 Å². The van der Waals surface area contributed by atoms with Gasteiger partial charge >= 0.3 is 41.8 Å². The fourth-order valence-electron chi connectivity index (χ4n) is 4.29. The Bertz CT molecular complexity index is 1040. The molecule has 0 N–H and O–H groups in total. The van der Waals surface area contributed by atoms with Gasteiger partial charge in [-0.05, 0) is 0 Å². The van der Waals surface area contributed by atoms with Crippen molar-refractivity contribution in [2.24, 2.45) is 0 Å². The molecule has 0 spiro atoms. The monoisotopic (exact) mass is 606 g/mol. The molecule has 0 saturated carbocycles. The maximum Gasteiger partial charge on any atom is 0.305 e. The lowest BCUT2D eigenvalue weighted by molar-refractivity contribution is -0.319. The van der Waals surface area contributed by atoms with Crippen molar-refractivity contribution in [3.05, 3.63) is 0 Å². The summed E-state index contributed by atoms with van der Waals surface area (Å²) in [7, 11) is 0. The van der Waals surface area contributed by atoms with Crippen molar-refractivity contribution in [1.82, 2.24) is 0 Å². The van der Waals surface area contributed by atoms with Crippen LogP contribution in [0.2, 0.25) is 0 Å². The van der Waals surface area contributed by atoms with Crippen LogP contribution in [0.25, 0.3) is 0 Å². The quantitative estimate of drug-likeness (QED) is 0.221. The molecule has 236 valence electrons. The highest BCUT2D eigenvalue weighted by Crippen LogP contribution is 2.31. The predicted octanol–water partition coefficient (Wildman–Crippen LogP) is -0.762. The fraction of sp³-hybridized carbons (Fsp3) is 0.720. The first-order valence-electron chi connectivity index (χ1n) is 12.7. The zero-order chi connectivity index (χ0) is 31.7. The smallest absolute Gasteiger partial charge is 0.305 e. The Morgan fingerprint density at radius 2 is 0.905 bits per heavy atom. The van der Waals surface area contributed by atoms with Crippen LogP contribution in [-0.4, -0.2) is 110 Å². The van der Waals surface area contributed by atoms with Crippen LogP contribution in [-0.2, 0) is 80.9 Å². The summed E-state index contributed by atoms with van der Waals surface area (Å²) in [6, 6.07) is 0. The number of carbonyl (C=O) groups is 7. The van der Waals surface area contributed by atoms with Crippen molar-refractivity contribution in [1.29, 1.82) is 0 Å². The van der Waals surface area contributed by atoms with Gasteiger partial charge in [0.05, 0.1) is 13.2 Å². The van der Waals surface area contributed by atoms with Crippen molar-refractivity contribution in [3.63, 3.8) is 0 Å². The van der Waals surface area contributed by atoms with E-state index in [1.807, 2.05) is 0 Å². The van der Waals surface area contributed by atoms with Gasteiger partial charge in [-0.2, -0.15) is 0 Å². The summed E-state index contributed by atoms with van der Waals surface area (Å²) in [5.41, 5.74) is 0. The van der Waals surface area contributed by atoms with Gasteiger partial charge < -0.3 is 47.4 Å². The number of hydrogen-bond acceptors (Lipinski definition) is 17. The minimum Gasteiger partial charge on any atom is -0.456 e. The molecule has 0 aromatic rings. The van der Waals surface area contributed by atoms with Gasteiger partial charge in [-0.3, -0.25) is 33.6 Å². The summed E-state index contributed by atoms with van der Waals surface area (Å²) < 4.78 is 53.9. The predicted molar refractivity (Wildman–Crippen MR) is 129 cm³/mol. The minimum atomic E-state index is -1.64. The molecule has 2 aliphatic heterocycles. The molecule has 0 aliphatic carbocycles. The van der Waals surface area contributed by atoms with Crippen molar-refractivity contribution in [2.75, 3.05) is 13.2 Å². The van der Waals surface area contributed by atoms with E-state index in [1.54, 1.807) is 0 Å². The SMILES string of the molecule is CC(=O)OC1COC(OCC2OC(OC(C)=O)C(OC(C)=O)C(OC(C)=O)C2OC(C)=O)C(OC(C)=O)C1OC(C)=O. The van der Waals surface area contributed by atoms with Gasteiger partial charge in [0.15, 0.2) is 36.8 Å². The van der Waals surface area contributed by atoms with Crippen LogP contribution < -0.4 is 0 Å². The van der Waals surface area contributed by atoms with E-state index in [9.17, 15) is 33.6 Å². The number of hydrogen-bond donors (Lipinski definition) is 0. The third-order valence-electron chi connectivity index (χ3n) is 5.51. The molecule has 0 amide bonds. The summed E-state index contributed by atoms with van der Waals surface area (Å²) in [6.45, 7) is 6.56. The second-order valence-electron chi connectivity index (χ2n) is 9.21. The Kier molecular flexibility index (Phi) is 12.6. The van der Waals surface area contributed by atoms with Gasteiger partial charge in [-0.1, -0.05) is 0 Å². The molecule has 17 heteroatoms. The number of rotatable bonds is 10. The van der Waals surface area contributed by atoms with Crippen molar-refractivity contribution in [3.8, 4) is 0 Å². The maximum absolute atomic E-state index is 12.0. The summed E-state index contributed by atoms with van der Waals surface area (Å²) in [5, 5.41) is 0. The van der Waals surface area contributed by atoms with Crippen LogP contribution in [0.1, 0.15) is 48.5 Å². The molecule has 0 bridgehead atoms. The Hall–Kier alpha value is -3.83. The van der Waals surface area contributed by atoms with Crippen molar-refractivity contribution < 1.29 is 80.9 Å². The van der Waals surface area contributed by atoms with E-state index in [4.69, 9.17) is 47.4 Å². The average molecular weight is 607 g/mol. The molecule has 2 aliphatic rings. The molecule has 2 heterocycles. The Morgan fingerprint density at radius 1 is 0.500 bits per heavy atom. The topological polar surface area (TPSA) is 212 Å². The van der Waals surface area contributed by atoms with E-state index in [2.05, 4.69) is 0 Å². The molecule has 2 rings (SSSR count). The molecule has 0 aromatic heterocycles. The summed E-state index contributed by atoms with van der Waals surface area (Å²) in [5.74, 6) is -5.74.